The number of likely N-dealkylation sites (tertiary alicyclic amines) is 1. The molecule has 2 amide bonds. The molecule has 25 heavy (non-hydrogen) atoms. The van der Waals surface area contributed by atoms with Crippen LogP contribution in [0.1, 0.15) is 18.4 Å². The van der Waals surface area contributed by atoms with E-state index in [0.717, 1.165) is 30.6 Å². The van der Waals surface area contributed by atoms with E-state index in [9.17, 15) is 9.59 Å². The van der Waals surface area contributed by atoms with Crippen LogP contribution in [-0.4, -0.2) is 41.8 Å². The first kappa shape index (κ1) is 17.2. The Morgan fingerprint density at radius 1 is 1.24 bits per heavy atom. The van der Waals surface area contributed by atoms with Gasteiger partial charge in [0.1, 0.15) is 0 Å². The van der Waals surface area contributed by atoms with Gasteiger partial charge in [-0.25, -0.2) is 4.79 Å². The molecule has 1 aromatic carbocycles. The van der Waals surface area contributed by atoms with Crippen LogP contribution >= 0.6 is 0 Å². The fourth-order valence-corrected chi connectivity index (χ4v) is 3.00. The number of hydrogen-bond donors (Lipinski definition) is 1. The molecule has 0 bridgehead atoms. The van der Waals surface area contributed by atoms with Gasteiger partial charge < -0.3 is 19.5 Å². The molecule has 1 fully saturated rings. The lowest BCUT2D eigenvalue weighted by atomic mass is 10.1. The molecule has 1 aliphatic rings. The Morgan fingerprint density at radius 3 is 2.76 bits per heavy atom. The van der Waals surface area contributed by atoms with Gasteiger partial charge in [-0.15, -0.1) is 0 Å². The molecular formula is C19H23N3O3. The van der Waals surface area contributed by atoms with Gasteiger partial charge in [-0.3, -0.25) is 4.79 Å². The van der Waals surface area contributed by atoms with E-state index in [1.807, 2.05) is 30.3 Å². The number of pyridine rings is 1. The monoisotopic (exact) mass is 341 g/mol. The molecule has 1 atom stereocenters. The Labute approximate surface area is 147 Å². The molecule has 1 saturated heterocycles. The average Bonchev–Trinajstić information content (AvgIpc) is 2.65. The van der Waals surface area contributed by atoms with Crippen molar-refractivity contribution >= 4 is 11.7 Å². The predicted octanol–water partition coefficient (Wildman–Crippen LogP) is 2.54. The smallest absolute Gasteiger partial charge is 0.321 e. The number of aromatic nitrogens is 1. The minimum absolute atomic E-state index is 0.0299. The SMILES string of the molecule is CO[C@H]1CCCN(C(=O)Nc2ccc(Cn3ccccc3=O)cc2)C1. The van der Waals surface area contributed by atoms with Crippen LogP contribution in [0.5, 0.6) is 0 Å². The summed E-state index contributed by atoms with van der Waals surface area (Å²) in [5, 5.41) is 2.92. The molecule has 132 valence electrons. The Hall–Kier alpha value is -2.60. The van der Waals surface area contributed by atoms with Crippen molar-refractivity contribution in [2.45, 2.75) is 25.5 Å². The van der Waals surface area contributed by atoms with Gasteiger partial charge in [-0.1, -0.05) is 18.2 Å². The van der Waals surface area contributed by atoms with Crippen LogP contribution in [0, 0.1) is 0 Å². The van der Waals surface area contributed by atoms with Crippen molar-refractivity contribution in [1.29, 1.82) is 0 Å². The molecule has 0 spiro atoms. The highest BCUT2D eigenvalue weighted by molar-refractivity contribution is 5.89. The fraction of sp³-hybridized carbons (Fsp3) is 0.368. The molecule has 6 nitrogen and oxygen atoms in total. The van der Waals surface area contributed by atoms with E-state index >= 15 is 0 Å². The second-order valence-electron chi connectivity index (χ2n) is 6.24. The van der Waals surface area contributed by atoms with Gasteiger partial charge in [0, 0.05) is 38.1 Å². The lowest BCUT2D eigenvalue weighted by molar-refractivity contribution is 0.0458. The molecule has 0 aliphatic carbocycles. The predicted molar refractivity (Wildman–Crippen MR) is 96.9 cm³/mol. The van der Waals surface area contributed by atoms with Gasteiger partial charge in [-0.05, 0) is 36.6 Å². The van der Waals surface area contributed by atoms with Crippen LogP contribution in [0.25, 0.3) is 0 Å². The number of nitrogens with one attached hydrogen (secondary N) is 1. The van der Waals surface area contributed by atoms with Crippen molar-refractivity contribution in [1.82, 2.24) is 9.47 Å². The van der Waals surface area contributed by atoms with E-state index in [-0.39, 0.29) is 17.7 Å². The van der Waals surface area contributed by atoms with E-state index in [0.29, 0.717) is 13.1 Å². The number of methoxy groups -OCH3 is 1. The molecule has 1 N–H and O–H groups in total. The summed E-state index contributed by atoms with van der Waals surface area (Å²) >= 11 is 0. The second-order valence-corrected chi connectivity index (χ2v) is 6.24. The molecule has 1 aromatic heterocycles. The highest BCUT2D eigenvalue weighted by Crippen LogP contribution is 2.15. The van der Waals surface area contributed by atoms with Crippen LogP contribution in [0.15, 0.2) is 53.5 Å². The zero-order chi connectivity index (χ0) is 17.6. The number of anilines is 1. The second kappa shape index (κ2) is 7.98. The number of benzene rings is 1. The molecule has 0 unspecified atom stereocenters. The fourth-order valence-electron chi connectivity index (χ4n) is 3.00. The van der Waals surface area contributed by atoms with Crippen LogP contribution in [0.3, 0.4) is 0 Å². The number of piperidine rings is 1. The molecule has 1 aliphatic heterocycles. The van der Waals surface area contributed by atoms with E-state index in [2.05, 4.69) is 5.32 Å². The number of rotatable bonds is 4. The Balaban J connectivity index is 1.60. The van der Waals surface area contributed by atoms with Crippen LogP contribution < -0.4 is 10.9 Å². The summed E-state index contributed by atoms with van der Waals surface area (Å²) in [6.45, 7) is 1.88. The van der Waals surface area contributed by atoms with Crippen LogP contribution in [0.4, 0.5) is 10.5 Å². The molecule has 0 radical (unpaired) electrons. The normalized spacial score (nSPS) is 17.3. The number of hydrogen-bond acceptors (Lipinski definition) is 3. The van der Waals surface area contributed by atoms with E-state index in [4.69, 9.17) is 4.74 Å². The van der Waals surface area contributed by atoms with Crippen molar-refractivity contribution in [2.24, 2.45) is 0 Å². The van der Waals surface area contributed by atoms with Crippen molar-refractivity contribution in [3.8, 4) is 0 Å². The lowest BCUT2D eigenvalue weighted by Crippen LogP contribution is -2.44. The number of carbonyl (C=O) groups excluding carboxylic acids is 1. The zero-order valence-electron chi connectivity index (χ0n) is 14.4. The van der Waals surface area contributed by atoms with E-state index in [1.54, 1.807) is 34.9 Å². The van der Waals surface area contributed by atoms with Crippen molar-refractivity contribution in [3.63, 3.8) is 0 Å². The first-order valence-corrected chi connectivity index (χ1v) is 8.49. The average molecular weight is 341 g/mol. The van der Waals surface area contributed by atoms with Crippen LogP contribution in [0.2, 0.25) is 0 Å². The summed E-state index contributed by atoms with van der Waals surface area (Å²) in [5.41, 5.74) is 1.72. The third-order valence-corrected chi connectivity index (χ3v) is 4.46. The Morgan fingerprint density at radius 2 is 2.04 bits per heavy atom. The molecule has 6 heteroatoms. The molecule has 2 heterocycles. The maximum atomic E-state index is 12.4. The number of amides is 2. The van der Waals surface area contributed by atoms with Gasteiger partial charge in [-0.2, -0.15) is 0 Å². The number of nitrogens with zero attached hydrogens (tertiary/aromatic N) is 2. The minimum Gasteiger partial charge on any atom is -0.380 e. The first-order chi connectivity index (χ1) is 12.2. The summed E-state index contributed by atoms with van der Waals surface area (Å²) in [6, 6.07) is 12.6. The quantitative estimate of drug-likeness (QED) is 0.929. The maximum Gasteiger partial charge on any atom is 0.321 e. The Kier molecular flexibility index (Phi) is 5.50. The van der Waals surface area contributed by atoms with Gasteiger partial charge in [0.25, 0.3) is 5.56 Å². The van der Waals surface area contributed by atoms with Gasteiger partial charge in [0.15, 0.2) is 0 Å². The number of carbonyl (C=O) groups is 1. The summed E-state index contributed by atoms with van der Waals surface area (Å²) in [4.78, 5) is 25.9. The third-order valence-electron chi connectivity index (χ3n) is 4.46. The van der Waals surface area contributed by atoms with E-state index < -0.39 is 0 Å². The van der Waals surface area contributed by atoms with Crippen LogP contribution in [-0.2, 0) is 11.3 Å². The molecule has 0 saturated carbocycles. The first-order valence-electron chi connectivity index (χ1n) is 8.49. The van der Waals surface area contributed by atoms with Gasteiger partial charge in [0.2, 0.25) is 0 Å². The van der Waals surface area contributed by atoms with Crippen molar-refractivity contribution in [3.05, 3.63) is 64.6 Å². The van der Waals surface area contributed by atoms with Gasteiger partial charge >= 0.3 is 6.03 Å². The molecule has 3 rings (SSSR count). The summed E-state index contributed by atoms with van der Waals surface area (Å²) in [6.07, 6.45) is 3.83. The van der Waals surface area contributed by atoms with Gasteiger partial charge in [0.05, 0.1) is 12.6 Å². The van der Waals surface area contributed by atoms with Crippen molar-refractivity contribution < 1.29 is 9.53 Å². The largest absolute Gasteiger partial charge is 0.380 e. The maximum absolute atomic E-state index is 12.4. The Bertz CT molecular complexity index is 770. The van der Waals surface area contributed by atoms with E-state index in [1.165, 1.54) is 0 Å². The topological polar surface area (TPSA) is 63.6 Å². The molecular weight excluding hydrogens is 318 g/mol. The number of ether oxygens (including phenoxy) is 1. The summed E-state index contributed by atoms with van der Waals surface area (Å²) in [5.74, 6) is 0. The minimum atomic E-state index is -0.103. The highest BCUT2D eigenvalue weighted by Gasteiger charge is 2.23. The standard InChI is InChI=1S/C19H23N3O3/c1-25-17-5-4-12-22(14-17)19(24)20-16-9-7-15(8-10-16)13-21-11-3-2-6-18(21)23/h2-3,6-11,17H,4-5,12-14H2,1H3,(H,20,24)/t17-/m0/s1. The highest BCUT2D eigenvalue weighted by atomic mass is 16.5. The zero-order valence-corrected chi connectivity index (χ0v) is 14.4. The summed E-state index contributed by atoms with van der Waals surface area (Å²) in [7, 11) is 1.68. The van der Waals surface area contributed by atoms with Crippen molar-refractivity contribution in [2.75, 3.05) is 25.5 Å². The lowest BCUT2D eigenvalue weighted by Gasteiger charge is -2.31. The summed E-state index contributed by atoms with van der Waals surface area (Å²) < 4.78 is 7.00. The molecule has 2 aromatic rings. The third kappa shape index (κ3) is 4.48. The number of urea groups is 1.